The van der Waals surface area contributed by atoms with E-state index in [2.05, 4.69) is 0 Å². The van der Waals surface area contributed by atoms with E-state index in [1.165, 1.54) is 6.07 Å². The van der Waals surface area contributed by atoms with Crippen molar-refractivity contribution in [1.82, 2.24) is 4.90 Å². The van der Waals surface area contributed by atoms with Crippen LogP contribution >= 0.6 is 0 Å². The maximum Gasteiger partial charge on any atom is 0.335 e. The molecule has 0 bridgehead atoms. The molecule has 1 fully saturated rings. The fraction of sp³-hybridized carbons (Fsp3) is 0.529. The molecule has 1 atom stereocenters. The highest BCUT2D eigenvalue weighted by Crippen LogP contribution is 2.35. The first-order valence-corrected chi connectivity index (χ1v) is 8.18. The number of non-ortho nitro benzene ring substituents is 1. The van der Waals surface area contributed by atoms with Crippen LogP contribution in [0.15, 0.2) is 18.2 Å². The van der Waals surface area contributed by atoms with E-state index in [9.17, 15) is 19.7 Å². The zero-order chi connectivity index (χ0) is 18.6. The first-order chi connectivity index (χ1) is 11.8. The van der Waals surface area contributed by atoms with E-state index in [0.29, 0.717) is 13.2 Å². The van der Waals surface area contributed by atoms with Crippen LogP contribution in [-0.4, -0.2) is 52.6 Å². The van der Waals surface area contributed by atoms with Crippen molar-refractivity contribution in [3.05, 3.63) is 39.4 Å². The van der Waals surface area contributed by atoms with Crippen LogP contribution in [0, 0.1) is 10.1 Å². The van der Waals surface area contributed by atoms with Gasteiger partial charge in [0.05, 0.1) is 22.6 Å². The molecule has 8 heteroatoms. The molecule has 2 rings (SSSR count). The lowest BCUT2D eigenvalue weighted by atomic mass is 9.91. The standard InChI is InChI=1S/C17H22N2O6/c1-3-5-17(11-25-2)6-4-7-18(17)15(20)12-8-13(16(21)22)10-14(9-12)19(23)24/h8-10H,3-7,11H2,1-2H3,(H,21,22). The third-order valence-corrected chi connectivity index (χ3v) is 4.59. The molecule has 136 valence electrons. The van der Waals surface area contributed by atoms with Gasteiger partial charge in [-0.25, -0.2) is 4.79 Å². The molecule has 1 heterocycles. The van der Waals surface area contributed by atoms with Gasteiger partial charge in [0.15, 0.2) is 0 Å². The minimum Gasteiger partial charge on any atom is -0.478 e. The second kappa shape index (κ2) is 7.60. The Hall–Kier alpha value is -2.48. The van der Waals surface area contributed by atoms with Gasteiger partial charge in [-0.1, -0.05) is 13.3 Å². The molecule has 0 spiro atoms. The Morgan fingerprint density at radius 1 is 1.36 bits per heavy atom. The van der Waals surface area contributed by atoms with E-state index >= 15 is 0 Å². The molecule has 25 heavy (non-hydrogen) atoms. The smallest absolute Gasteiger partial charge is 0.335 e. The van der Waals surface area contributed by atoms with Crippen molar-refractivity contribution < 1.29 is 24.4 Å². The van der Waals surface area contributed by atoms with Crippen molar-refractivity contribution in [3.8, 4) is 0 Å². The normalized spacial score (nSPS) is 19.8. The van der Waals surface area contributed by atoms with E-state index in [4.69, 9.17) is 9.84 Å². The number of methoxy groups -OCH3 is 1. The van der Waals surface area contributed by atoms with Crippen molar-refractivity contribution in [3.63, 3.8) is 0 Å². The van der Waals surface area contributed by atoms with Crippen LogP contribution in [0.25, 0.3) is 0 Å². The lowest BCUT2D eigenvalue weighted by Crippen LogP contribution is -2.50. The number of likely N-dealkylation sites (tertiary alicyclic amines) is 1. The molecular formula is C17H22N2O6. The molecule has 1 aliphatic rings. The molecule has 1 aromatic rings. The Labute approximate surface area is 145 Å². The average molecular weight is 350 g/mol. The minimum absolute atomic E-state index is 0.0186. The number of carbonyl (C=O) groups excluding carboxylic acids is 1. The molecular weight excluding hydrogens is 328 g/mol. The Morgan fingerprint density at radius 2 is 2.04 bits per heavy atom. The van der Waals surface area contributed by atoms with Gasteiger partial charge in [-0.05, 0) is 25.3 Å². The van der Waals surface area contributed by atoms with Gasteiger partial charge in [-0.15, -0.1) is 0 Å². The number of carbonyl (C=O) groups is 2. The summed E-state index contributed by atoms with van der Waals surface area (Å²) in [4.78, 5) is 36.3. The highest BCUT2D eigenvalue weighted by Gasteiger charge is 2.43. The maximum atomic E-state index is 13.0. The van der Waals surface area contributed by atoms with E-state index in [1.807, 2.05) is 6.92 Å². The molecule has 1 unspecified atom stereocenters. The van der Waals surface area contributed by atoms with Gasteiger partial charge in [0.25, 0.3) is 11.6 Å². The number of aromatic carboxylic acids is 1. The summed E-state index contributed by atoms with van der Waals surface area (Å²) in [7, 11) is 1.58. The van der Waals surface area contributed by atoms with Gasteiger partial charge in [-0.2, -0.15) is 0 Å². The molecule has 1 aliphatic heterocycles. The predicted octanol–water partition coefficient (Wildman–Crippen LogP) is 2.71. The lowest BCUT2D eigenvalue weighted by Gasteiger charge is -2.38. The fourth-order valence-electron chi connectivity index (χ4n) is 3.59. The first-order valence-electron chi connectivity index (χ1n) is 8.18. The van der Waals surface area contributed by atoms with Crippen LogP contribution in [0.2, 0.25) is 0 Å². The van der Waals surface area contributed by atoms with Gasteiger partial charge >= 0.3 is 5.97 Å². The minimum atomic E-state index is -1.31. The number of carboxylic acids is 1. The second-order valence-electron chi connectivity index (χ2n) is 6.30. The number of nitrogens with zero attached hydrogens (tertiary/aromatic N) is 2. The van der Waals surface area contributed by atoms with Crippen LogP contribution in [0.3, 0.4) is 0 Å². The molecule has 1 amide bonds. The van der Waals surface area contributed by atoms with Crippen LogP contribution in [-0.2, 0) is 4.74 Å². The van der Waals surface area contributed by atoms with E-state index in [-0.39, 0.29) is 11.1 Å². The highest BCUT2D eigenvalue weighted by atomic mass is 16.6. The molecule has 8 nitrogen and oxygen atoms in total. The number of nitro groups is 1. The monoisotopic (exact) mass is 350 g/mol. The van der Waals surface area contributed by atoms with Gasteiger partial charge < -0.3 is 14.7 Å². The molecule has 1 N–H and O–H groups in total. The summed E-state index contributed by atoms with van der Waals surface area (Å²) in [6.45, 7) is 2.93. The SMILES string of the molecule is CCCC1(COC)CCCN1C(=O)c1cc(C(=O)O)cc([N+](=O)[O-])c1. The molecule has 0 aliphatic carbocycles. The van der Waals surface area contributed by atoms with E-state index in [1.54, 1.807) is 12.0 Å². The van der Waals surface area contributed by atoms with Gasteiger partial charge in [0, 0.05) is 31.4 Å². The van der Waals surface area contributed by atoms with Crippen molar-refractivity contribution in [2.45, 2.75) is 38.1 Å². The summed E-state index contributed by atoms with van der Waals surface area (Å²) >= 11 is 0. The summed E-state index contributed by atoms with van der Waals surface area (Å²) in [5.41, 5.74) is -1.11. The largest absolute Gasteiger partial charge is 0.478 e. The fourth-order valence-corrected chi connectivity index (χ4v) is 3.59. The van der Waals surface area contributed by atoms with E-state index in [0.717, 1.165) is 37.8 Å². The van der Waals surface area contributed by atoms with Crippen LogP contribution < -0.4 is 0 Å². The Kier molecular flexibility index (Phi) is 5.73. The summed E-state index contributed by atoms with van der Waals surface area (Å²) in [5, 5.41) is 20.2. The van der Waals surface area contributed by atoms with Crippen LogP contribution in [0.5, 0.6) is 0 Å². The summed E-state index contributed by atoms with van der Waals surface area (Å²) < 4.78 is 5.33. The predicted molar refractivity (Wildman–Crippen MR) is 89.8 cm³/mol. The number of benzene rings is 1. The molecule has 0 aromatic heterocycles. The lowest BCUT2D eigenvalue weighted by molar-refractivity contribution is -0.384. The molecule has 1 aromatic carbocycles. The Bertz CT molecular complexity index is 649. The van der Waals surface area contributed by atoms with Crippen molar-refractivity contribution >= 4 is 17.6 Å². The maximum absolute atomic E-state index is 13.0. The van der Waals surface area contributed by atoms with Crippen molar-refractivity contribution in [2.24, 2.45) is 0 Å². The van der Waals surface area contributed by atoms with Gasteiger partial charge in [0.2, 0.25) is 0 Å². The Morgan fingerprint density at radius 3 is 2.60 bits per heavy atom. The summed E-state index contributed by atoms with van der Waals surface area (Å²) in [5.74, 6) is -1.70. The zero-order valence-corrected chi connectivity index (χ0v) is 14.4. The summed E-state index contributed by atoms with van der Waals surface area (Å²) in [6, 6.07) is 3.29. The van der Waals surface area contributed by atoms with Crippen molar-refractivity contribution in [1.29, 1.82) is 0 Å². The zero-order valence-electron chi connectivity index (χ0n) is 14.4. The third kappa shape index (κ3) is 3.79. The quantitative estimate of drug-likeness (QED) is 0.598. The van der Waals surface area contributed by atoms with Crippen LogP contribution in [0.1, 0.15) is 53.3 Å². The number of amides is 1. The molecule has 0 radical (unpaired) electrons. The number of nitro benzene ring substituents is 1. The van der Waals surface area contributed by atoms with Crippen molar-refractivity contribution in [2.75, 3.05) is 20.3 Å². The highest BCUT2D eigenvalue weighted by molar-refractivity contribution is 5.99. The summed E-state index contributed by atoms with van der Waals surface area (Å²) in [6.07, 6.45) is 3.23. The number of ether oxygens (including phenoxy) is 1. The third-order valence-electron chi connectivity index (χ3n) is 4.59. The van der Waals surface area contributed by atoms with Crippen LogP contribution in [0.4, 0.5) is 5.69 Å². The molecule has 1 saturated heterocycles. The Balaban J connectivity index is 2.44. The number of hydrogen-bond donors (Lipinski definition) is 1. The number of hydrogen-bond acceptors (Lipinski definition) is 5. The van der Waals surface area contributed by atoms with Gasteiger partial charge in [-0.3, -0.25) is 14.9 Å². The average Bonchev–Trinajstić information content (AvgIpc) is 2.97. The first kappa shape index (κ1) is 18.9. The topological polar surface area (TPSA) is 110 Å². The van der Waals surface area contributed by atoms with Gasteiger partial charge in [0.1, 0.15) is 0 Å². The molecule has 0 saturated carbocycles. The number of carboxylic acid groups (broad SMARTS) is 1. The number of rotatable bonds is 7. The van der Waals surface area contributed by atoms with E-state index < -0.39 is 28.0 Å². The second-order valence-corrected chi connectivity index (χ2v) is 6.30.